The summed E-state index contributed by atoms with van der Waals surface area (Å²) in [5.41, 5.74) is 4.27. The fourth-order valence-electron chi connectivity index (χ4n) is 4.09. The Morgan fingerprint density at radius 2 is 1.59 bits per heavy atom. The Labute approximate surface area is 200 Å². The SMILES string of the molecule is Cl.Cl.Fc1ccc(-c2cncc(CN3CCN(c4cccc5c4OCCO5)CC3)c2)cc1. The van der Waals surface area contributed by atoms with Crippen molar-refractivity contribution in [2.75, 3.05) is 44.3 Å². The van der Waals surface area contributed by atoms with Gasteiger partial charge in [0.2, 0.25) is 0 Å². The van der Waals surface area contributed by atoms with Crippen LogP contribution in [0.2, 0.25) is 0 Å². The number of pyridine rings is 1. The van der Waals surface area contributed by atoms with E-state index in [2.05, 4.69) is 26.9 Å². The summed E-state index contributed by atoms with van der Waals surface area (Å²) in [6.45, 7) is 5.85. The minimum atomic E-state index is -0.225. The zero-order chi connectivity index (χ0) is 20.3. The molecule has 1 fully saturated rings. The van der Waals surface area contributed by atoms with Gasteiger partial charge in [-0.25, -0.2) is 4.39 Å². The van der Waals surface area contributed by atoms with Crippen molar-refractivity contribution in [3.63, 3.8) is 0 Å². The lowest BCUT2D eigenvalue weighted by molar-refractivity contribution is 0.171. The van der Waals surface area contributed by atoms with Gasteiger partial charge in [0, 0.05) is 50.7 Å². The number of para-hydroxylation sites is 1. The molecule has 3 heterocycles. The van der Waals surface area contributed by atoms with Crippen LogP contribution in [0.1, 0.15) is 5.56 Å². The van der Waals surface area contributed by atoms with Gasteiger partial charge in [-0.05, 0) is 41.5 Å². The first-order valence-corrected chi connectivity index (χ1v) is 10.3. The number of benzene rings is 2. The standard InChI is InChI=1S/C24H24FN3O2.2ClH/c25-21-6-4-19(5-7-21)20-14-18(15-26-16-20)17-27-8-10-28(11-9-27)22-2-1-3-23-24(22)30-13-12-29-23;;/h1-7,14-16H,8-13,17H2;2*1H. The van der Waals surface area contributed by atoms with Crippen molar-refractivity contribution in [2.24, 2.45) is 0 Å². The molecular weight excluding hydrogens is 452 g/mol. The van der Waals surface area contributed by atoms with E-state index in [0.29, 0.717) is 13.2 Å². The Kier molecular flexibility index (Phi) is 8.18. The van der Waals surface area contributed by atoms with E-state index < -0.39 is 0 Å². The highest BCUT2D eigenvalue weighted by atomic mass is 35.5. The van der Waals surface area contributed by atoms with Gasteiger partial charge in [-0.2, -0.15) is 0 Å². The molecule has 8 heteroatoms. The maximum atomic E-state index is 13.2. The van der Waals surface area contributed by atoms with E-state index in [-0.39, 0.29) is 30.6 Å². The van der Waals surface area contributed by atoms with Crippen LogP contribution in [0.5, 0.6) is 11.5 Å². The molecule has 0 radical (unpaired) electrons. The molecule has 3 aromatic rings. The number of ether oxygens (including phenoxy) is 2. The van der Waals surface area contributed by atoms with Crippen LogP contribution in [-0.2, 0) is 6.54 Å². The Balaban J connectivity index is 0.00000144. The largest absolute Gasteiger partial charge is 0.486 e. The van der Waals surface area contributed by atoms with Gasteiger partial charge >= 0.3 is 0 Å². The summed E-state index contributed by atoms with van der Waals surface area (Å²) in [5, 5.41) is 0. The second kappa shape index (κ2) is 10.9. The van der Waals surface area contributed by atoms with Crippen molar-refractivity contribution < 1.29 is 13.9 Å². The number of aromatic nitrogens is 1. The van der Waals surface area contributed by atoms with E-state index in [0.717, 1.165) is 61.0 Å². The molecule has 0 amide bonds. The van der Waals surface area contributed by atoms with Gasteiger partial charge < -0.3 is 14.4 Å². The molecule has 0 unspecified atom stereocenters. The first kappa shape index (κ1) is 24.1. The molecule has 0 atom stereocenters. The van der Waals surface area contributed by atoms with Crippen molar-refractivity contribution in [3.05, 3.63) is 72.3 Å². The highest BCUT2D eigenvalue weighted by Crippen LogP contribution is 2.39. The van der Waals surface area contributed by atoms with Crippen LogP contribution < -0.4 is 14.4 Å². The third-order valence-corrected chi connectivity index (χ3v) is 5.64. The Hall–Kier alpha value is -2.54. The van der Waals surface area contributed by atoms with Crippen LogP contribution in [0.15, 0.2) is 60.9 Å². The topological polar surface area (TPSA) is 37.8 Å². The normalized spacial score (nSPS) is 15.5. The summed E-state index contributed by atoms with van der Waals surface area (Å²) in [4.78, 5) is 9.21. The molecule has 2 aliphatic rings. The van der Waals surface area contributed by atoms with E-state index >= 15 is 0 Å². The molecule has 32 heavy (non-hydrogen) atoms. The highest BCUT2D eigenvalue weighted by Gasteiger charge is 2.23. The second-order valence-corrected chi connectivity index (χ2v) is 7.65. The van der Waals surface area contributed by atoms with Crippen LogP contribution in [0.3, 0.4) is 0 Å². The number of nitrogens with zero attached hydrogens (tertiary/aromatic N) is 3. The van der Waals surface area contributed by atoms with E-state index in [1.807, 2.05) is 24.5 Å². The van der Waals surface area contributed by atoms with E-state index in [1.165, 1.54) is 17.7 Å². The third-order valence-electron chi connectivity index (χ3n) is 5.64. The summed E-state index contributed by atoms with van der Waals surface area (Å²) in [5.74, 6) is 1.48. The average Bonchev–Trinajstić information content (AvgIpc) is 2.80. The average molecular weight is 478 g/mol. The molecule has 5 rings (SSSR count). The summed E-state index contributed by atoms with van der Waals surface area (Å²) in [6.07, 6.45) is 3.74. The smallest absolute Gasteiger partial charge is 0.184 e. The van der Waals surface area contributed by atoms with Crippen LogP contribution in [0.4, 0.5) is 10.1 Å². The molecule has 2 aliphatic heterocycles. The zero-order valence-electron chi connectivity index (χ0n) is 17.6. The Morgan fingerprint density at radius 1 is 0.844 bits per heavy atom. The molecule has 0 saturated carbocycles. The van der Waals surface area contributed by atoms with Crippen LogP contribution >= 0.6 is 24.8 Å². The molecule has 5 nitrogen and oxygen atoms in total. The summed E-state index contributed by atoms with van der Waals surface area (Å²) >= 11 is 0. The van der Waals surface area contributed by atoms with Crippen LogP contribution in [-0.4, -0.2) is 49.3 Å². The molecule has 170 valence electrons. The predicted molar refractivity (Wildman–Crippen MR) is 129 cm³/mol. The lowest BCUT2D eigenvalue weighted by Crippen LogP contribution is -2.46. The minimum absolute atomic E-state index is 0. The van der Waals surface area contributed by atoms with Gasteiger partial charge in [0.15, 0.2) is 11.5 Å². The fraction of sp³-hybridized carbons (Fsp3) is 0.292. The minimum Gasteiger partial charge on any atom is -0.486 e. The van der Waals surface area contributed by atoms with Gasteiger partial charge in [0.1, 0.15) is 19.0 Å². The molecule has 0 N–H and O–H groups in total. The third kappa shape index (κ3) is 5.26. The monoisotopic (exact) mass is 477 g/mol. The molecule has 1 aromatic heterocycles. The van der Waals surface area contributed by atoms with Crippen molar-refractivity contribution in [1.29, 1.82) is 0 Å². The summed E-state index contributed by atoms with van der Waals surface area (Å²) in [6, 6.07) is 14.8. The number of halogens is 3. The molecule has 0 bridgehead atoms. The predicted octanol–water partition coefficient (Wildman–Crippen LogP) is 4.82. The second-order valence-electron chi connectivity index (χ2n) is 7.65. The van der Waals surface area contributed by atoms with Gasteiger partial charge in [0.25, 0.3) is 0 Å². The molecular formula is C24H26Cl2FN3O2. The first-order valence-electron chi connectivity index (χ1n) is 10.3. The Bertz CT molecular complexity index is 1030. The molecule has 0 aliphatic carbocycles. The summed E-state index contributed by atoms with van der Waals surface area (Å²) in [7, 11) is 0. The lowest BCUT2D eigenvalue weighted by Gasteiger charge is -2.37. The van der Waals surface area contributed by atoms with Gasteiger partial charge in [0.05, 0.1) is 5.69 Å². The van der Waals surface area contributed by atoms with Crippen LogP contribution in [0.25, 0.3) is 11.1 Å². The maximum Gasteiger partial charge on any atom is 0.184 e. The number of hydrogen-bond acceptors (Lipinski definition) is 5. The number of rotatable bonds is 4. The number of fused-ring (bicyclic) bond motifs is 1. The summed E-state index contributed by atoms with van der Waals surface area (Å²) < 4.78 is 24.8. The number of hydrogen-bond donors (Lipinski definition) is 0. The lowest BCUT2D eigenvalue weighted by atomic mass is 10.1. The zero-order valence-corrected chi connectivity index (χ0v) is 19.2. The van der Waals surface area contributed by atoms with Crippen molar-refractivity contribution >= 4 is 30.5 Å². The van der Waals surface area contributed by atoms with E-state index in [4.69, 9.17) is 9.47 Å². The number of anilines is 1. The number of piperazine rings is 1. The fourth-order valence-corrected chi connectivity index (χ4v) is 4.09. The van der Waals surface area contributed by atoms with Crippen LogP contribution in [0, 0.1) is 5.82 Å². The molecule has 1 saturated heterocycles. The van der Waals surface area contributed by atoms with Crippen molar-refractivity contribution in [3.8, 4) is 22.6 Å². The van der Waals surface area contributed by atoms with Crippen molar-refractivity contribution in [2.45, 2.75) is 6.54 Å². The van der Waals surface area contributed by atoms with Gasteiger partial charge in [-0.1, -0.05) is 18.2 Å². The van der Waals surface area contributed by atoms with Crippen molar-refractivity contribution in [1.82, 2.24) is 9.88 Å². The van der Waals surface area contributed by atoms with E-state index in [1.54, 1.807) is 12.1 Å². The van der Waals surface area contributed by atoms with Gasteiger partial charge in [-0.3, -0.25) is 9.88 Å². The first-order chi connectivity index (χ1) is 14.8. The van der Waals surface area contributed by atoms with Gasteiger partial charge in [-0.15, -0.1) is 24.8 Å². The molecule has 2 aromatic carbocycles. The van der Waals surface area contributed by atoms with E-state index in [9.17, 15) is 4.39 Å². The highest BCUT2D eigenvalue weighted by molar-refractivity contribution is 5.85. The Morgan fingerprint density at radius 3 is 2.38 bits per heavy atom. The maximum absolute atomic E-state index is 13.2. The molecule has 0 spiro atoms. The quantitative estimate of drug-likeness (QED) is 0.538.